The maximum atomic E-state index is 13.6. The number of nitrogens with one attached hydrogen (secondary N) is 1. The van der Waals surface area contributed by atoms with E-state index < -0.39 is 0 Å². The fourth-order valence-electron chi connectivity index (χ4n) is 1.63. The molecule has 0 aliphatic rings. The first-order chi connectivity index (χ1) is 9.52. The molecule has 0 aliphatic carbocycles. The highest BCUT2D eigenvalue weighted by atomic mass is 19.1. The lowest BCUT2D eigenvalue weighted by molar-refractivity contribution is -0.121. The van der Waals surface area contributed by atoms with Crippen molar-refractivity contribution in [3.63, 3.8) is 0 Å². The number of hydrogen-bond acceptors (Lipinski definition) is 2. The van der Waals surface area contributed by atoms with Crippen LogP contribution in [-0.4, -0.2) is 17.6 Å². The number of carbonyl (C=O) groups is 1. The van der Waals surface area contributed by atoms with Gasteiger partial charge in [-0.25, -0.2) is 4.39 Å². The van der Waals surface area contributed by atoms with Crippen LogP contribution in [-0.2, 0) is 11.3 Å². The predicted molar refractivity (Wildman–Crippen MR) is 76.3 cm³/mol. The van der Waals surface area contributed by atoms with Gasteiger partial charge >= 0.3 is 0 Å². The molecule has 0 saturated carbocycles. The molecule has 1 amide bonds. The Hall–Kier alpha value is -1.86. The molecule has 1 aromatic rings. The average molecular weight is 277 g/mol. The minimum atomic E-state index is -0.372. The number of amides is 1. The topological polar surface area (TPSA) is 49.3 Å². The van der Waals surface area contributed by atoms with Crippen LogP contribution in [0.4, 0.5) is 4.39 Å². The van der Waals surface area contributed by atoms with Gasteiger partial charge in [0, 0.05) is 24.1 Å². The lowest BCUT2D eigenvalue weighted by Crippen LogP contribution is -2.23. The molecule has 3 nitrogen and oxygen atoms in total. The molecule has 2 N–H and O–H groups in total. The molecule has 1 rings (SSSR count). The van der Waals surface area contributed by atoms with E-state index in [1.54, 1.807) is 12.1 Å². The van der Waals surface area contributed by atoms with Crippen molar-refractivity contribution in [1.29, 1.82) is 0 Å². The van der Waals surface area contributed by atoms with Crippen LogP contribution < -0.4 is 5.32 Å². The second-order valence-electron chi connectivity index (χ2n) is 4.98. The van der Waals surface area contributed by atoms with Crippen LogP contribution in [0.25, 0.3) is 0 Å². The Labute approximate surface area is 119 Å². The van der Waals surface area contributed by atoms with Crippen molar-refractivity contribution >= 4 is 5.91 Å². The van der Waals surface area contributed by atoms with E-state index in [-0.39, 0.29) is 24.9 Å². The largest absolute Gasteiger partial charge is 0.384 e. The zero-order chi connectivity index (χ0) is 15.0. The quantitative estimate of drug-likeness (QED) is 0.811. The van der Waals surface area contributed by atoms with Gasteiger partial charge in [0.15, 0.2) is 0 Å². The zero-order valence-electron chi connectivity index (χ0n) is 11.9. The summed E-state index contributed by atoms with van der Waals surface area (Å²) in [5.74, 6) is 5.23. The van der Waals surface area contributed by atoms with Crippen LogP contribution in [0.15, 0.2) is 18.2 Å². The van der Waals surface area contributed by atoms with E-state index in [0.717, 1.165) is 6.42 Å². The molecule has 0 fully saturated rings. The van der Waals surface area contributed by atoms with E-state index >= 15 is 0 Å². The fourth-order valence-corrected chi connectivity index (χ4v) is 1.63. The standard InChI is InChI=1S/C16H20FNO2/c1-12(2)5-8-16(20)18-11-14-10-13(4-3-9-19)6-7-15(14)17/h6-7,10,12,19H,5,8-9,11H2,1-2H3,(H,18,20). The Balaban J connectivity index is 2.60. The van der Waals surface area contributed by atoms with Crippen LogP contribution in [0.1, 0.15) is 37.8 Å². The van der Waals surface area contributed by atoms with Gasteiger partial charge in [-0.2, -0.15) is 0 Å². The second kappa shape index (κ2) is 8.34. The molecular formula is C16H20FNO2. The number of carbonyl (C=O) groups excluding carboxylic acids is 1. The van der Waals surface area contributed by atoms with Crippen LogP contribution in [0.3, 0.4) is 0 Å². The zero-order valence-corrected chi connectivity index (χ0v) is 11.9. The van der Waals surface area contributed by atoms with Crippen LogP contribution in [0.2, 0.25) is 0 Å². The first kappa shape index (κ1) is 16.2. The van der Waals surface area contributed by atoms with Crippen LogP contribution in [0.5, 0.6) is 0 Å². The summed E-state index contributed by atoms with van der Waals surface area (Å²) >= 11 is 0. The smallest absolute Gasteiger partial charge is 0.220 e. The van der Waals surface area contributed by atoms with E-state index in [9.17, 15) is 9.18 Å². The Morgan fingerprint density at radius 3 is 2.85 bits per heavy atom. The van der Waals surface area contributed by atoms with Crippen molar-refractivity contribution in [2.45, 2.75) is 33.2 Å². The summed E-state index contributed by atoms with van der Waals surface area (Å²) in [4.78, 5) is 11.6. The summed E-state index contributed by atoms with van der Waals surface area (Å²) < 4.78 is 13.6. The SMILES string of the molecule is CC(C)CCC(=O)NCc1cc(C#CCO)ccc1F. The third-order valence-electron chi connectivity index (χ3n) is 2.78. The van der Waals surface area contributed by atoms with Crippen LogP contribution >= 0.6 is 0 Å². The van der Waals surface area contributed by atoms with Gasteiger partial charge in [-0.05, 0) is 30.5 Å². The molecule has 0 radical (unpaired) electrons. The summed E-state index contributed by atoms with van der Waals surface area (Å²) in [5.41, 5.74) is 1.01. The molecular weight excluding hydrogens is 257 g/mol. The fraction of sp³-hybridized carbons (Fsp3) is 0.438. The second-order valence-corrected chi connectivity index (χ2v) is 4.98. The number of benzene rings is 1. The lowest BCUT2D eigenvalue weighted by Gasteiger charge is -2.08. The molecule has 0 heterocycles. The Kier molecular flexibility index (Phi) is 6.75. The first-order valence-corrected chi connectivity index (χ1v) is 6.67. The molecule has 0 saturated heterocycles. The third kappa shape index (κ3) is 5.85. The number of aliphatic hydroxyl groups is 1. The third-order valence-corrected chi connectivity index (χ3v) is 2.78. The van der Waals surface area contributed by atoms with Crippen molar-refractivity contribution < 1.29 is 14.3 Å². The van der Waals surface area contributed by atoms with Gasteiger partial charge < -0.3 is 10.4 Å². The Bertz CT molecular complexity index is 515. The highest BCUT2D eigenvalue weighted by Gasteiger charge is 2.06. The lowest BCUT2D eigenvalue weighted by atomic mass is 10.1. The summed E-state index contributed by atoms with van der Waals surface area (Å²) in [6.45, 7) is 4.02. The van der Waals surface area contributed by atoms with Crippen molar-refractivity contribution in [2.75, 3.05) is 6.61 Å². The van der Waals surface area contributed by atoms with Gasteiger partial charge in [-0.3, -0.25) is 4.79 Å². The van der Waals surface area contributed by atoms with E-state index in [4.69, 9.17) is 5.11 Å². The summed E-state index contributed by atoms with van der Waals surface area (Å²) in [5, 5.41) is 11.3. The molecule has 108 valence electrons. The molecule has 0 aliphatic heterocycles. The number of hydrogen-bond donors (Lipinski definition) is 2. The summed E-state index contributed by atoms with van der Waals surface area (Å²) in [6, 6.07) is 4.44. The summed E-state index contributed by atoms with van der Waals surface area (Å²) in [7, 11) is 0. The van der Waals surface area contributed by atoms with E-state index in [0.29, 0.717) is 23.5 Å². The number of aliphatic hydroxyl groups excluding tert-OH is 1. The van der Waals surface area contributed by atoms with E-state index in [1.807, 2.05) is 0 Å². The molecule has 0 spiro atoms. The molecule has 0 unspecified atom stereocenters. The summed E-state index contributed by atoms with van der Waals surface area (Å²) in [6.07, 6.45) is 1.26. The van der Waals surface area contributed by atoms with Gasteiger partial charge in [0.2, 0.25) is 5.91 Å². The van der Waals surface area contributed by atoms with E-state index in [2.05, 4.69) is 31.0 Å². The molecule has 0 atom stereocenters. The molecule has 0 aromatic heterocycles. The van der Waals surface area contributed by atoms with E-state index in [1.165, 1.54) is 6.07 Å². The Morgan fingerprint density at radius 2 is 2.20 bits per heavy atom. The van der Waals surface area contributed by atoms with Gasteiger partial charge in [0.1, 0.15) is 12.4 Å². The molecule has 20 heavy (non-hydrogen) atoms. The maximum absolute atomic E-state index is 13.6. The van der Waals surface area contributed by atoms with Gasteiger partial charge in [-0.1, -0.05) is 25.7 Å². The van der Waals surface area contributed by atoms with Gasteiger partial charge in [0.05, 0.1) is 0 Å². The number of rotatable bonds is 5. The van der Waals surface area contributed by atoms with Crippen molar-refractivity contribution in [3.8, 4) is 11.8 Å². The highest BCUT2D eigenvalue weighted by Crippen LogP contribution is 2.10. The molecule has 4 heteroatoms. The van der Waals surface area contributed by atoms with Gasteiger partial charge in [-0.15, -0.1) is 0 Å². The molecule has 0 bridgehead atoms. The maximum Gasteiger partial charge on any atom is 0.220 e. The van der Waals surface area contributed by atoms with Crippen molar-refractivity contribution in [2.24, 2.45) is 5.92 Å². The first-order valence-electron chi connectivity index (χ1n) is 6.67. The molecule has 1 aromatic carbocycles. The Morgan fingerprint density at radius 1 is 1.45 bits per heavy atom. The monoisotopic (exact) mass is 277 g/mol. The van der Waals surface area contributed by atoms with Crippen molar-refractivity contribution in [1.82, 2.24) is 5.32 Å². The minimum Gasteiger partial charge on any atom is -0.384 e. The van der Waals surface area contributed by atoms with Crippen molar-refractivity contribution in [3.05, 3.63) is 35.1 Å². The normalized spacial score (nSPS) is 10.1. The average Bonchev–Trinajstić information content (AvgIpc) is 2.42. The number of halogens is 1. The predicted octanol–water partition coefficient (Wildman–Crippen LogP) is 2.22. The minimum absolute atomic E-state index is 0.0788. The van der Waals surface area contributed by atoms with Gasteiger partial charge in [0.25, 0.3) is 0 Å². The highest BCUT2D eigenvalue weighted by molar-refractivity contribution is 5.75. The van der Waals surface area contributed by atoms with Crippen LogP contribution in [0, 0.1) is 23.6 Å².